The number of hydrogen-bond donors (Lipinski definition) is 2. The largest absolute Gasteiger partial charge is 0.484 e. The molecule has 2 rings (SSSR count). The van der Waals surface area contributed by atoms with Gasteiger partial charge >= 0.3 is 0 Å². The highest BCUT2D eigenvalue weighted by Crippen LogP contribution is 2.21. The SMILES string of the molecule is C=C(CCNC(=O)CSON1CC1C)NC(=O)COc1ccc(Cl)c(F)c1. The van der Waals surface area contributed by atoms with Crippen molar-refractivity contribution >= 4 is 35.5 Å². The number of halogens is 2. The molecule has 0 aromatic heterocycles. The van der Waals surface area contributed by atoms with Gasteiger partial charge in [-0.3, -0.25) is 9.59 Å². The molecule has 0 radical (unpaired) electrons. The van der Waals surface area contributed by atoms with Gasteiger partial charge in [-0.1, -0.05) is 18.2 Å². The third kappa shape index (κ3) is 8.17. The van der Waals surface area contributed by atoms with Crippen LogP contribution in [0.4, 0.5) is 4.39 Å². The van der Waals surface area contributed by atoms with Gasteiger partial charge in [-0.25, -0.2) is 8.67 Å². The number of amides is 2. The van der Waals surface area contributed by atoms with Gasteiger partial charge in [0.05, 0.1) is 5.02 Å². The first-order valence-corrected chi connectivity index (χ1v) is 9.52. The van der Waals surface area contributed by atoms with Crippen molar-refractivity contribution in [2.75, 3.05) is 25.4 Å². The van der Waals surface area contributed by atoms with Crippen molar-refractivity contribution in [3.63, 3.8) is 0 Å². The molecule has 1 saturated heterocycles. The van der Waals surface area contributed by atoms with E-state index in [0.29, 0.717) is 24.7 Å². The first-order chi connectivity index (χ1) is 12.8. The third-order valence-electron chi connectivity index (χ3n) is 3.47. The van der Waals surface area contributed by atoms with Gasteiger partial charge in [-0.15, -0.1) is 0 Å². The fourth-order valence-electron chi connectivity index (χ4n) is 1.88. The van der Waals surface area contributed by atoms with E-state index >= 15 is 0 Å². The van der Waals surface area contributed by atoms with E-state index in [1.54, 1.807) is 5.06 Å². The van der Waals surface area contributed by atoms with E-state index < -0.39 is 11.7 Å². The first-order valence-electron chi connectivity index (χ1n) is 8.23. The molecule has 2 unspecified atom stereocenters. The molecule has 0 aliphatic carbocycles. The first kappa shape index (κ1) is 21.5. The summed E-state index contributed by atoms with van der Waals surface area (Å²) in [6.45, 7) is 6.67. The zero-order chi connectivity index (χ0) is 19.8. The van der Waals surface area contributed by atoms with Crippen LogP contribution >= 0.6 is 23.6 Å². The van der Waals surface area contributed by atoms with Crippen molar-refractivity contribution < 1.29 is 23.0 Å². The van der Waals surface area contributed by atoms with Gasteiger partial charge < -0.3 is 15.4 Å². The zero-order valence-corrected chi connectivity index (χ0v) is 16.4. The lowest BCUT2D eigenvalue weighted by Crippen LogP contribution is -2.31. The van der Waals surface area contributed by atoms with E-state index in [2.05, 4.69) is 17.2 Å². The van der Waals surface area contributed by atoms with Gasteiger partial charge in [0.2, 0.25) is 5.91 Å². The maximum atomic E-state index is 13.3. The van der Waals surface area contributed by atoms with Gasteiger partial charge in [-0.2, -0.15) is 5.06 Å². The monoisotopic (exact) mass is 417 g/mol. The smallest absolute Gasteiger partial charge is 0.262 e. The molecule has 2 N–H and O–H groups in total. The Balaban J connectivity index is 1.54. The second-order valence-corrected chi connectivity index (χ2v) is 6.98. The number of hydrogen-bond acceptors (Lipinski definition) is 6. The minimum atomic E-state index is -0.623. The quantitative estimate of drug-likeness (QED) is 0.425. The lowest BCUT2D eigenvalue weighted by molar-refractivity contribution is -0.122. The van der Waals surface area contributed by atoms with Crippen molar-refractivity contribution in [1.29, 1.82) is 0 Å². The predicted octanol–water partition coefficient (Wildman–Crippen LogP) is 2.28. The topological polar surface area (TPSA) is 79.7 Å². The molecule has 2 atom stereocenters. The summed E-state index contributed by atoms with van der Waals surface area (Å²) in [5.41, 5.74) is 0.438. The summed E-state index contributed by atoms with van der Waals surface area (Å²) in [6, 6.07) is 4.32. The van der Waals surface area contributed by atoms with Crippen LogP contribution < -0.4 is 15.4 Å². The number of carbonyl (C=O) groups is 2. The van der Waals surface area contributed by atoms with Gasteiger partial charge in [-0.05, 0) is 19.1 Å². The number of nitrogens with one attached hydrogen (secondary N) is 2. The Morgan fingerprint density at radius 2 is 2.19 bits per heavy atom. The van der Waals surface area contributed by atoms with Crippen LogP contribution in [0.3, 0.4) is 0 Å². The number of nitrogens with zero attached hydrogens (tertiary/aromatic N) is 1. The van der Waals surface area contributed by atoms with Crippen LogP contribution in [-0.2, 0) is 13.9 Å². The molecule has 0 spiro atoms. The van der Waals surface area contributed by atoms with Crippen LogP contribution in [0.25, 0.3) is 0 Å². The van der Waals surface area contributed by atoms with Crippen molar-refractivity contribution in [3.05, 3.63) is 41.3 Å². The fourth-order valence-corrected chi connectivity index (χ4v) is 2.60. The highest BCUT2D eigenvalue weighted by Gasteiger charge is 2.31. The van der Waals surface area contributed by atoms with Crippen LogP contribution in [0.2, 0.25) is 5.02 Å². The summed E-state index contributed by atoms with van der Waals surface area (Å²) in [5, 5.41) is 7.01. The Labute approximate surface area is 166 Å². The lowest BCUT2D eigenvalue weighted by Gasteiger charge is -2.10. The van der Waals surface area contributed by atoms with Crippen LogP contribution in [-0.4, -0.2) is 48.4 Å². The lowest BCUT2D eigenvalue weighted by atomic mass is 10.3. The number of benzene rings is 1. The minimum absolute atomic E-state index is 0.0215. The number of carbonyl (C=O) groups excluding carboxylic acids is 2. The second-order valence-electron chi connectivity index (χ2n) is 5.90. The van der Waals surface area contributed by atoms with Gasteiger partial charge in [0.1, 0.15) is 17.3 Å². The van der Waals surface area contributed by atoms with Crippen LogP contribution in [0.1, 0.15) is 13.3 Å². The maximum absolute atomic E-state index is 13.3. The number of hydroxylamine groups is 2. The van der Waals surface area contributed by atoms with Gasteiger partial charge in [0.15, 0.2) is 6.61 Å². The van der Waals surface area contributed by atoms with E-state index in [1.165, 1.54) is 12.1 Å². The van der Waals surface area contributed by atoms with Crippen LogP contribution in [0.5, 0.6) is 5.75 Å². The van der Waals surface area contributed by atoms with Crippen LogP contribution in [0, 0.1) is 5.82 Å². The molecule has 0 saturated carbocycles. The Kier molecular flexibility index (Phi) is 8.36. The summed E-state index contributed by atoms with van der Waals surface area (Å²) in [6.07, 6.45) is 0.377. The zero-order valence-electron chi connectivity index (χ0n) is 14.8. The highest BCUT2D eigenvalue weighted by molar-refractivity contribution is 7.95. The summed E-state index contributed by atoms with van der Waals surface area (Å²) < 4.78 is 23.7. The summed E-state index contributed by atoms with van der Waals surface area (Å²) in [4.78, 5) is 23.4. The Hall–Kier alpha value is -1.81. The molecule has 1 aliphatic heterocycles. The minimum Gasteiger partial charge on any atom is -0.484 e. The molecule has 1 heterocycles. The summed E-state index contributed by atoms with van der Waals surface area (Å²) >= 11 is 6.65. The molecule has 148 valence electrons. The third-order valence-corrected chi connectivity index (χ3v) is 4.45. The van der Waals surface area contributed by atoms with Gasteiger partial charge in [0, 0.05) is 49.4 Å². The average molecular weight is 418 g/mol. The molecule has 1 aliphatic rings. The molecule has 27 heavy (non-hydrogen) atoms. The molecular weight excluding hydrogens is 397 g/mol. The molecular formula is C17H21ClFN3O4S. The van der Waals surface area contributed by atoms with E-state index in [1.807, 2.05) is 6.92 Å². The normalized spacial score (nSPS) is 17.9. The van der Waals surface area contributed by atoms with E-state index in [9.17, 15) is 14.0 Å². The average Bonchev–Trinajstić information content (AvgIpc) is 3.31. The highest BCUT2D eigenvalue weighted by atomic mass is 35.5. The standard InChI is InChI=1S/C17H21ClFN3O4S/c1-11(5-6-20-17(24)10-27-26-22-8-12(22)2)21-16(23)9-25-13-3-4-14(18)15(19)7-13/h3-4,7,12H,1,5-6,8-10H2,2H3,(H,20,24)(H,21,23). The van der Waals surface area contributed by atoms with E-state index in [0.717, 1.165) is 24.7 Å². The van der Waals surface area contributed by atoms with Crippen molar-refractivity contribution in [2.24, 2.45) is 0 Å². The molecule has 7 nitrogen and oxygen atoms in total. The van der Waals surface area contributed by atoms with Gasteiger partial charge in [0.25, 0.3) is 5.91 Å². The Morgan fingerprint density at radius 3 is 2.85 bits per heavy atom. The van der Waals surface area contributed by atoms with E-state index in [-0.39, 0.29) is 29.0 Å². The molecule has 1 aromatic carbocycles. The van der Waals surface area contributed by atoms with Crippen molar-refractivity contribution in [3.8, 4) is 5.75 Å². The Morgan fingerprint density at radius 1 is 1.44 bits per heavy atom. The fraction of sp³-hybridized carbons (Fsp3) is 0.412. The molecule has 2 amide bonds. The number of rotatable bonds is 11. The van der Waals surface area contributed by atoms with Crippen LogP contribution in [0.15, 0.2) is 30.5 Å². The summed E-state index contributed by atoms with van der Waals surface area (Å²) in [5.74, 6) is -0.836. The van der Waals surface area contributed by atoms with Crippen molar-refractivity contribution in [1.82, 2.24) is 15.7 Å². The van der Waals surface area contributed by atoms with Crippen molar-refractivity contribution in [2.45, 2.75) is 19.4 Å². The number of ether oxygens (including phenoxy) is 1. The molecule has 10 heteroatoms. The molecule has 1 aromatic rings. The predicted molar refractivity (Wildman–Crippen MR) is 102 cm³/mol. The molecule has 1 fully saturated rings. The second kappa shape index (κ2) is 10.5. The maximum Gasteiger partial charge on any atom is 0.262 e. The van der Waals surface area contributed by atoms with E-state index in [4.69, 9.17) is 20.6 Å². The summed E-state index contributed by atoms with van der Waals surface area (Å²) in [7, 11) is 0. The molecule has 0 bridgehead atoms. The Bertz CT molecular complexity index is 707.